The van der Waals surface area contributed by atoms with Crippen molar-refractivity contribution in [2.45, 2.75) is 6.92 Å². The lowest BCUT2D eigenvalue weighted by molar-refractivity contribution is 1.16. The maximum Gasteiger partial charge on any atom is 0.160 e. The molecule has 3 aromatic rings. The Balaban J connectivity index is 1.84. The Morgan fingerprint density at radius 3 is 2.48 bits per heavy atom. The summed E-state index contributed by atoms with van der Waals surface area (Å²) in [6, 6.07) is 11.1. The molecule has 2 aromatic heterocycles. The third-order valence-corrected chi connectivity index (χ3v) is 3.36. The summed E-state index contributed by atoms with van der Waals surface area (Å²) in [4.78, 5) is 12.6. The van der Waals surface area contributed by atoms with Gasteiger partial charge in [0.05, 0.1) is 0 Å². The van der Waals surface area contributed by atoms with Crippen molar-refractivity contribution in [3.05, 3.63) is 59.5 Å². The molecular formula is C16H15ClN6. The number of hydrogen-bond donors (Lipinski definition) is 3. The number of nitrogens with two attached hydrogens (primary N) is 1. The highest BCUT2D eigenvalue weighted by Gasteiger charge is 2.09. The van der Waals surface area contributed by atoms with Crippen molar-refractivity contribution in [1.82, 2.24) is 15.0 Å². The first-order valence-corrected chi connectivity index (χ1v) is 7.32. The van der Waals surface area contributed by atoms with E-state index in [0.717, 1.165) is 11.3 Å². The second-order valence-electron chi connectivity index (χ2n) is 4.97. The molecule has 0 bridgehead atoms. The fourth-order valence-corrected chi connectivity index (χ4v) is 2.15. The first-order chi connectivity index (χ1) is 11.1. The molecular weight excluding hydrogens is 312 g/mol. The van der Waals surface area contributed by atoms with Gasteiger partial charge in [-0.2, -0.15) is 0 Å². The number of hydrogen-bond acceptors (Lipinski definition) is 6. The molecule has 23 heavy (non-hydrogen) atoms. The molecule has 0 fully saturated rings. The van der Waals surface area contributed by atoms with Gasteiger partial charge in [0, 0.05) is 16.9 Å². The first kappa shape index (κ1) is 15.1. The third-order valence-electron chi connectivity index (χ3n) is 3.13. The highest BCUT2D eigenvalue weighted by molar-refractivity contribution is 6.30. The number of nitrogen functional groups attached to an aromatic ring is 1. The van der Waals surface area contributed by atoms with E-state index in [2.05, 4.69) is 25.6 Å². The van der Waals surface area contributed by atoms with Crippen molar-refractivity contribution in [3.63, 3.8) is 0 Å². The van der Waals surface area contributed by atoms with Crippen molar-refractivity contribution in [3.8, 4) is 0 Å². The summed E-state index contributed by atoms with van der Waals surface area (Å²) >= 11 is 5.98. The maximum absolute atomic E-state index is 6.14. The van der Waals surface area contributed by atoms with Crippen LogP contribution in [0.1, 0.15) is 5.56 Å². The minimum Gasteiger partial charge on any atom is -0.393 e. The number of rotatable bonds is 4. The van der Waals surface area contributed by atoms with Crippen LogP contribution >= 0.6 is 11.6 Å². The fourth-order valence-electron chi connectivity index (χ4n) is 1.96. The van der Waals surface area contributed by atoms with Crippen LogP contribution in [-0.2, 0) is 0 Å². The number of benzene rings is 1. The molecule has 0 aliphatic rings. The standard InChI is InChI=1S/C16H15ClN6/c1-10-5-6-13(19-8-10)23-16-14(18)15(20-9-21-16)22-12-4-2-3-11(17)7-12/h2-9H,18H2,1H3,(H2,19,20,21,22,23). The van der Waals surface area contributed by atoms with Gasteiger partial charge in [-0.05, 0) is 36.8 Å². The van der Waals surface area contributed by atoms with Crippen LogP contribution in [-0.4, -0.2) is 15.0 Å². The van der Waals surface area contributed by atoms with E-state index >= 15 is 0 Å². The molecule has 0 saturated carbocycles. The predicted molar refractivity (Wildman–Crippen MR) is 93.4 cm³/mol. The normalized spacial score (nSPS) is 10.3. The summed E-state index contributed by atoms with van der Waals surface area (Å²) in [6.07, 6.45) is 3.20. The SMILES string of the molecule is Cc1ccc(Nc2ncnc(Nc3cccc(Cl)c3)c2N)nc1. The second-order valence-corrected chi connectivity index (χ2v) is 5.40. The number of pyridine rings is 1. The summed E-state index contributed by atoms with van der Waals surface area (Å²) in [5.74, 6) is 1.65. The van der Waals surface area contributed by atoms with Crippen molar-refractivity contribution in [2.24, 2.45) is 0 Å². The van der Waals surface area contributed by atoms with Gasteiger partial charge in [0.15, 0.2) is 11.6 Å². The molecule has 0 saturated heterocycles. The molecule has 0 spiro atoms. The highest BCUT2D eigenvalue weighted by Crippen LogP contribution is 2.28. The van der Waals surface area contributed by atoms with Crippen LogP contribution in [0.25, 0.3) is 0 Å². The van der Waals surface area contributed by atoms with Gasteiger partial charge in [-0.3, -0.25) is 0 Å². The van der Waals surface area contributed by atoms with E-state index in [-0.39, 0.29) is 0 Å². The van der Waals surface area contributed by atoms with E-state index in [1.807, 2.05) is 31.2 Å². The zero-order valence-electron chi connectivity index (χ0n) is 12.4. The van der Waals surface area contributed by atoms with Crippen molar-refractivity contribution < 1.29 is 0 Å². The molecule has 3 rings (SSSR count). The van der Waals surface area contributed by atoms with Crippen molar-refractivity contribution >= 4 is 40.4 Å². The van der Waals surface area contributed by atoms with Crippen LogP contribution in [0.15, 0.2) is 48.9 Å². The van der Waals surface area contributed by atoms with Gasteiger partial charge in [0.2, 0.25) is 0 Å². The minimum absolute atomic E-state index is 0.398. The topological polar surface area (TPSA) is 88.8 Å². The van der Waals surface area contributed by atoms with Gasteiger partial charge in [-0.1, -0.05) is 23.7 Å². The highest BCUT2D eigenvalue weighted by atomic mass is 35.5. The van der Waals surface area contributed by atoms with E-state index in [1.54, 1.807) is 18.3 Å². The Morgan fingerprint density at radius 1 is 1.00 bits per heavy atom. The molecule has 0 amide bonds. The molecule has 4 N–H and O–H groups in total. The van der Waals surface area contributed by atoms with E-state index < -0.39 is 0 Å². The van der Waals surface area contributed by atoms with Gasteiger partial charge in [0.25, 0.3) is 0 Å². The second kappa shape index (κ2) is 6.50. The average Bonchev–Trinajstić information content (AvgIpc) is 2.53. The number of aryl methyl sites for hydroxylation is 1. The van der Waals surface area contributed by atoms with Gasteiger partial charge in [0.1, 0.15) is 17.8 Å². The average molecular weight is 327 g/mol. The van der Waals surface area contributed by atoms with Gasteiger partial charge >= 0.3 is 0 Å². The summed E-state index contributed by atoms with van der Waals surface area (Å²) in [5, 5.41) is 6.84. The first-order valence-electron chi connectivity index (χ1n) is 6.94. The molecule has 0 radical (unpaired) electrons. The molecule has 0 aliphatic carbocycles. The number of nitrogens with zero attached hydrogens (tertiary/aromatic N) is 3. The summed E-state index contributed by atoms with van der Waals surface area (Å²) in [7, 11) is 0. The van der Waals surface area contributed by atoms with E-state index in [1.165, 1.54) is 6.33 Å². The quantitative estimate of drug-likeness (QED) is 0.673. The monoisotopic (exact) mass is 326 g/mol. The lowest BCUT2D eigenvalue weighted by Crippen LogP contribution is -2.05. The third kappa shape index (κ3) is 3.67. The van der Waals surface area contributed by atoms with Crippen molar-refractivity contribution in [1.29, 1.82) is 0 Å². The number of aromatic nitrogens is 3. The number of nitrogens with one attached hydrogen (secondary N) is 2. The molecule has 0 unspecified atom stereocenters. The van der Waals surface area contributed by atoms with E-state index in [4.69, 9.17) is 17.3 Å². The fraction of sp³-hybridized carbons (Fsp3) is 0.0625. The smallest absolute Gasteiger partial charge is 0.160 e. The molecule has 0 aliphatic heterocycles. The Labute approximate surface area is 138 Å². The molecule has 116 valence electrons. The predicted octanol–water partition coefficient (Wildman–Crippen LogP) is 3.90. The van der Waals surface area contributed by atoms with E-state index in [0.29, 0.717) is 28.2 Å². The van der Waals surface area contributed by atoms with Gasteiger partial charge in [-0.15, -0.1) is 0 Å². The van der Waals surface area contributed by atoms with Crippen LogP contribution in [0.3, 0.4) is 0 Å². The Kier molecular flexibility index (Phi) is 4.25. The molecule has 2 heterocycles. The Hall–Kier alpha value is -2.86. The van der Waals surface area contributed by atoms with Crippen LogP contribution in [0.5, 0.6) is 0 Å². The van der Waals surface area contributed by atoms with E-state index in [9.17, 15) is 0 Å². The lowest BCUT2D eigenvalue weighted by atomic mass is 10.3. The molecule has 7 heteroatoms. The maximum atomic E-state index is 6.14. The number of halogens is 1. The largest absolute Gasteiger partial charge is 0.393 e. The van der Waals surface area contributed by atoms with Crippen LogP contribution in [0.2, 0.25) is 5.02 Å². The lowest BCUT2D eigenvalue weighted by Gasteiger charge is -2.12. The Bertz CT molecular complexity index is 819. The van der Waals surface area contributed by atoms with Crippen LogP contribution < -0.4 is 16.4 Å². The van der Waals surface area contributed by atoms with Gasteiger partial charge in [-0.25, -0.2) is 15.0 Å². The molecule has 1 aromatic carbocycles. The van der Waals surface area contributed by atoms with Gasteiger partial charge < -0.3 is 16.4 Å². The summed E-state index contributed by atoms with van der Waals surface area (Å²) < 4.78 is 0. The molecule has 6 nitrogen and oxygen atoms in total. The Morgan fingerprint density at radius 2 is 1.78 bits per heavy atom. The number of anilines is 5. The minimum atomic E-state index is 0.398. The van der Waals surface area contributed by atoms with Crippen molar-refractivity contribution in [2.75, 3.05) is 16.4 Å². The zero-order chi connectivity index (χ0) is 16.2. The zero-order valence-corrected chi connectivity index (χ0v) is 13.2. The van der Waals surface area contributed by atoms with Crippen LogP contribution in [0, 0.1) is 6.92 Å². The van der Waals surface area contributed by atoms with Crippen LogP contribution in [0.4, 0.5) is 28.8 Å². The molecule has 0 atom stereocenters. The summed E-state index contributed by atoms with van der Waals surface area (Å²) in [5.41, 5.74) is 8.41. The summed E-state index contributed by atoms with van der Waals surface area (Å²) in [6.45, 7) is 1.98.